The number of aryl methyl sites for hydroxylation is 2. The minimum Gasteiger partial charge on any atom is -0.322 e. The van der Waals surface area contributed by atoms with Gasteiger partial charge in [-0.3, -0.25) is 9.78 Å². The Morgan fingerprint density at radius 1 is 1.04 bits per heavy atom. The first-order valence-corrected chi connectivity index (χ1v) is 9.63. The predicted octanol–water partition coefficient (Wildman–Crippen LogP) is 3.51. The summed E-state index contributed by atoms with van der Waals surface area (Å²) in [5.74, 6) is -0.320. The summed E-state index contributed by atoms with van der Waals surface area (Å²) in [4.78, 5) is 17.3. The molecule has 0 bridgehead atoms. The second kappa shape index (κ2) is 6.29. The van der Waals surface area contributed by atoms with E-state index in [1.807, 2.05) is 25.1 Å². The number of aromatic nitrogens is 1. The zero-order valence-electron chi connectivity index (χ0n) is 14.2. The lowest BCUT2D eigenvalue weighted by molar-refractivity contribution is 0.102. The van der Waals surface area contributed by atoms with Crippen LogP contribution in [0.1, 0.15) is 21.6 Å². The van der Waals surface area contributed by atoms with E-state index in [0.717, 1.165) is 22.7 Å². The molecule has 128 valence electrons. The summed E-state index contributed by atoms with van der Waals surface area (Å²) in [5, 5.41) is 3.64. The molecule has 0 saturated heterocycles. The normalized spacial score (nSPS) is 11.5. The van der Waals surface area contributed by atoms with Crippen molar-refractivity contribution in [3.05, 3.63) is 65.4 Å². The lowest BCUT2D eigenvalue weighted by Gasteiger charge is -2.10. The molecule has 1 heterocycles. The van der Waals surface area contributed by atoms with Crippen LogP contribution >= 0.6 is 0 Å². The molecular weight excluding hydrogens is 336 g/mol. The second-order valence-corrected chi connectivity index (χ2v) is 8.09. The van der Waals surface area contributed by atoms with Gasteiger partial charge in [-0.05, 0) is 50.2 Å². The molecule has 5 nitrogen and oxygen atoms in total. The van der Waals surface area contributed by atoms with Crippen molar-refractivity contribution < 1.29 is 13.2 Å². The largest absolute Gasteiger partial charge is 0.322 e. The van der Waals surface area contributed by atoms with Crippen molar-refractivity contribution in [2.45, 2.75) is 18.7 Å². The smallest absolute Gasteiger partial charge is 0.257 e. The van der Waals surface area contributed by atoms with E-state index in [-0.39, 0.29) is 10.8 Å². The van der Waals surface area contributed by atoms with E-state index in [1.54, 1.807) is 25.1 Å². The highest BCUT2D eigenvalue weighted by Gasteiger charge is 2.14. The summed E-state index contributed by atoms with van der Waals surface area (Å²) in [7, 11) is -3.33. The van der Waals surface area contributed by atoms with Gasteiger partial charge >= 0.3 is 0 Å². The van der Waals surface area contributed by atoms with Crippen LogP contribution in [0.25, 0.3) is 10.9 Å². The average Bonchev–Trinajstić information content (AvgIpc) is 2.54. The lowest BCUT2D eigenvalue weighted by Crippen LogP contribution is -2.14. The molecular formula is C19H18N2O3S. The van der Waals surface area contributed by atoms with Gasteiger partial charge in [0.15, 0.2) is 9.84 Å². The minimum absolute atomic E-state index is 0.161. The van der Waals surface area contributed by atoms with Gasteiger partial charge in [0.2, 0.25) is 0 Å². The maximum absolute atomic E-state index is 12.6. The maximum Gasteiger partial charge on any atom is 0.257 e. The number of benzene rings is 2. The average molecular weight is 354 g/mol. The molecule has 1 aromatic heterocycles. The molecule has 25 heavy (non-hydrogen) atoms. The fourth-order valence-electron chi connectivity index (χ4n) is 2.62. The molecule has 0 aliphatic carbocycles. The fourth-order valence-corrected chi connectivity index (χ4v) is 3.29. The monoisotopic (exact) mass is 354 g/mol. The number of amides is 1. The summed E-state index contributed by atoms with van der Waals surface area (Å²) in [6, 6.07) is 13.9. The summed E-state index contributed by atoms with van der Waals surface area (Å²) < 4.78 is 23.3. The van der Waals surface area contributed by atoms with Crippen LogP contribution in [0.15, 0.2) is 53.4 Å². The zero-order valence-corrected chi connectivity index (χ0v) is 15.0. The topological polar surface area (TPSA) is 76.1 Å². The molecule has 0 aliphatic heterocycles. The van der Waals surface area contributed by atoms with Crippen LogP contribution in [-0.4, -0.2) is 25.6 Å². The molecule has 6 heteroatoms. The Balaban J connectivity index is 1.96. The lowest BCUT2D eigenvalue weighted by atomic mass is 10.1. The number of sulfone groups is 1. The standard InChI is InChI=1S/C19H18N2O3S/c1-12-7-8-18-14(9-12)10-17(13(2)20-18)19(22)21-15-5-4-6-16(11-15)25(3,23)24/h4-11H,1-3H3,(H,21,22). The highest BCUT2D eigenvalue weighted by atomic mass is 32.2. The van der Waals surface area contributed by atoms with Gasteiger partial charge in [0, 0.05) is 17.3 Å². The predicted molar refractivity (Wildman–Crippen MR) is 98.7 cm³/mol. The molecule has 1 amide bonds. The van der Waals surface area contributed by atoms with E-state index in [1.165, 1.54) is 12.1 Å². The fraction of sp³-hybridized carbons (Fsp3) is 0.158. The van der Waals surface area contributed by atoms with Crippen molar-refractivity contribution in [3.63, 3.8) is 0 Å². The Morgan fingerprint density at radius 2 is 1.80 bits per heavy atom. The number of carbonyl (C=O) groups excluding carboxylic acids is 1. The molecule has 0 unspecified atom stereocenters. The number of pyridine rings is 1. The zero-order chi connectivity index (χ0) is 18.2. The third-order valence-corrected chi connectivity index (χ3v) is 5.04. The minimum atomic E-state index is -3.33. The number of nitrogens with one attached hydrogen (secondary N) is 1. The van der Waals surface area contributed by atoms with E-state index in [2.05, 4.69) is 10.3 Å². The maximum atomic E-state index is 12.6. The molecule has 0 radical (unpaired) electrons. The highest BCUT2D eigenvalue weighted by Crippen LogP contribution is 2.20. The number of anilines is 1. The number of rotatable bonds is 3. The van der Waals surface area contributed by atoms with Gasteiger partial charge in [-0.2, -0.15) is 0 Å². The molecule has 3 rings (SSSR count). The molecule has 1 N–H and O–H groups in total. The van der Waals surface area contributed by atoms with Crippen molar-refractivity contribution in [2.75, 3.05) is 11.6 Å². The van der Waals surface area contributed by atoms with Crippen molar-refractivity contribution in [1.29, 1.82) is 0 Å². The Labute approximate surface area is 146 Å². The van der Waals surface area contributed by atoms with Crippen LogP contribution in [-0.2, 0) is 9.84 Å². The van der Waals surface area contributed by atoms with Gasteiger partial charge < -0.3 is 5.32 Å². The number of fused-ring (bicyclic) bond motifs is 1. The van der Waals surface area contributed by atoms with Gasteiger partial charge in [-0.1, -0.05) is 17.7 Å². The SMILES string of the molecule is Cc1ccc2nc(C)c(C(=O)Nc3cccc(S(C)(=O)=O)c3)cc2c1. The molecule has 2 aromatic carbocycles. The number of hydrogen-bond acceptors (Lipinski definition) is 4. The van der Waals surface area contributed by atoms with Crippen LogP contribution in [0, 0.1) is 13.8 Å². The van der Waals surface area contributed by atoms with Gasteiger partial charge in [0.05, 0.1) is 21.7 Å². The van der Waals surface area contributed by atoms with E-state index < -0.39 is 9.84 Å². The number of carbonyl (C=O) groups is 1. The van der Waals surface area contributed by atoms with E-state index in [0.29, 0.717) is 16.9 Å². The van der Waals surface area contributed by atoms with E-state index in [9.17, 15) is 13.2 Å². The van der Waals surface area contributed by atoms with Gasteiger partial charge in [-0.25, -0.2) is 8.42 Å². The third kappa shape index (κ3) is 3.69. The van der Waals surface area contributed by atoms with Crippen LogP contribution in [0.2, 0.25) is 0 Å². The Bertz CT molecular complexity index is 1090. The summed E-state index contributed by atoms with van der Waals surface area (Å²) in [6.45, 7) is 3.76. The second-order valence-electron chi connectivity index (χ2n) is 6.07. The van der Waals surface area contributed by atoms with Crippen LogP contribution in [0.3, 0.4) is 0 Å². The molecule has 0 spiro atoms. The highest BCUT2D eigenvalue weighted by molar-refractivity contribution is 7.90. The molecule has 0 atom stereocenters. The first-order chi connectivity index (χ1) is 11.7. The summed E-state index contributed by atoms with van der Waals surface area (Å²) >= 11 is 0. The van der Waals surface area contributed by atoms with Crippen molar-refractivity contribution in [2.24, 2.45) is 0 Å². The van der Waals surface area contributed by atoms with E-state index in [4.69, 9.17) is 0 Å². The molecule has 0 aliphatic rings. The van der Waals surface area contributed by atoms with Gasteiger partial charge in [0.1, 0.15) is 0 Å². The van der Waals surface area contributed by atoms with E-state index >= 15 is 0 Å². The summed E-state index contributed by atoms with van der Waals surface area (Å²) in [6.07, 6.45) is 1.13. The Hall–Kier alpha value is -2.73. The quantitative estimate of drug-likeness (QED) is 0.781. The molecule has 0 saturated carbocycles. The molecule has 3 aromatic rings. The summed E-state index contributed by atoms with van der Waals surface area (Å²) in [5.41, 5.74) is 3.43. The Kier molecular flexibility index (Phi) is 4.30. The van der Waals surface area contributed by atoms with Crippen molar-refractivity contribution in [3.8, 4) is 0 Å². The van der Waals surface area contributed by atoms with Gasteiger partial charge in [-0.15, -0.1) is 0 Å². The number of hydrogen-bond donors (Lipinski definition) is 1. The van der Waals surface area contributed by atoms with Crippen LogP contribution in [0.5, 0.6) is 0 Å². The first-order valence-electron chi connectivity index (χ1n) is 7.73. The first kappa shape index (κ1) is 17.1. The Morgan fingerprint density at radius 3 is 2.52 bits per heavy atom. The van der Waals surface area contributed by atoms with Crippen LogP contribution in [0.4, 0.5) is 5.69 Å². The third-order valence-electron chi connectivity index (χ3n) is 3.93. The van der Waals surface area contributed by atoms with Crippen molar-refractivity contribution >= 4 is 32.3 Å². The number of nitrogens with zero attached hydrogens (tertiary/aromatic N) is 1. The van der Waals surface area contributed by atoms with Gasteiger partial charge in [0.25, 0.3) is 5.91 Å². The molecule has 0 fully saturated rings. The van der Waals surface area contributed by atoms with Crippen molar-refractivity contribution in [1.82, 2.24) is 4.98 Å². The van der Waals surface area contributed by atoms with Crippen LogP contribution < -0.4 is 5.32 Å².